The Labute approximate surface area is 217 Å². The molecule has 0 spiro atoms. The minimum absolute atomic E-state index is 0.0122. The van der Waals surface area contributed by atoms with Crippen LogP contribution in [-0.4, -0.2) is 47.6 Å². The molecule has 0 atom stereocenters. The molecule has 5 rings (SSSR count). The summed E-state index contributed by atoms with van der Waals surface area (Å²) in [5.41, 5.74) is 0.878. The minimum Gasteiger partial charge on any atom is -0.493 e. The maximum atomic E-state index is 13.4. The van der Waals surface area contributed by atoms with Crippen molar-refractivity contribution in [3.05, 3.63) is 86.7 Å². The Hall–Kier alpha value is -4.80. The van der Waals surface area contributed by atoms with Gasteiger partial charge in [0.1, 0.15) is 6.54 Å². The second-order valence-electron chi connectivity index (χ2n) is 8.61. The van der Waals surface area contributed by atoms with Crippen LogP contribution in [-0.2, 0) is 24.3 Å². The van der Waals surface area contributed by atoms with Crippen molar-refractivity contribution in [2.45, 2.75) is 19.5 Å². The van der Waals surface area contributed by atoms with E-state index in [0.29, 0.717) is 47.0 Å². The first-order valence-electron chi connectivity index (χ1n) is 11.9. The number of hydrogen-bond acceptors (Lipinski definition) is 8. The number of nitrogens with one attached hydrogen (secondary N) is 1. The Morgan fingerprint density at radius 2 is 1.76 bits per heavy atom. The highest BCUT2D eigenvalue weighted by Crippen LogP contribution is 2.32. The van der Waals surface area contributed by atoms with E-state index in [9.17, 15) is 14.4 Å². The Morgan fingerprint density at radius 1 is 0.974 bits per heavy atom. The molecule has 2 aromatic carbocycles. The lowest BCUT2D eigenvalue weighted by Gasteiger charge is -2.14. The van der Waals surface area contributed by atoms with E-state index < -0.39 is 11.2 Å². The molecule has 2 aromatic heterocycles. The Bertz CT molecular complexity index is 1630. The number of carbonyl (C=O) groups is 1. The number of rotatable bonds is 9. The fourth-order valence-corrected chi connectivity index (χ4v) is 4.34. The molecule has 0 fully saturated rings. The lowest BCUT2D eigenvalue weighted by Crippen LogP contribution is -2.43. The van der Waals surface area contributed by atoms with E-state index in [1.807, 2.05) is 12.1 Å². The molecule has 0 saturated heterocycles. The number of methoxy groups -OCH3 is 2. The van der Waals surface area contributed by atoms with Crippen molar-refractivity contribution in [2.75, 3.05) is 27.6 Å². The zero-order chi connectivity index (χ0) is 26.6. The second kappa shape index (κ2) is 10.7. The molecule has 0 radical (unpaired) electrons. The van der Waals surface area contributed by atoms with Crippen LogP contribution in [0.2, 0.25) is 0 Å². The van der Waals surface area contributed by atoms with Gasteiger partial charge in [0.2, 0.25) is 12.7 Å². The third kappa shape index (κ3) is 4.90. The van der Waals surface area contributed by atoms with Gasteiger partial charge in [0.25, 0.3) is 5.56 Å². The van der Waals surface area contributed by atoms with Crippen LogP contribution in [0, 0.1) is 0 Å². The zero-order valence-electron chi connectivity index (χ0n) is 20.9. The number of carbonyl (C=O) groups excluding carboxylic acids is 1. The zero-order valence-corrected chi connectivity index (χ0v) is 20.9. The first-order valence-corrected chi connectivity index (χ1v) is 11.9. The largest absolute Gasteiger partial charge is 0.493 e. The fraction of sp³-hybridized carbons (Fsp3) is 0.259. The molecule has 11 nitrogen and oxygen atoms in total. The Balaban J connectivity index is 1.36. The number of pyridine rings is 1. The van der Waals surface area contributed by atoms with E-state index in [1.54, 1.807) is 50.6 Å². The van der Waals surface area contributed by atoms with Gasteiger partial charge in [-0.3, -0.25) is 18.7 Å². The van der Waals surface area contributed by atoms with E-state index in [-0.39, 0.29) is 31.3 Å². The molecule has 1 amide bonds. The predicted octanol–water partition coefficient (Wildman–Crippen LogP) is 1.71. The lowest BCUT2D eigenvalue weighted by molar-refractivity contribution is -0.121. The lowest BCUT2D eigenvalue weighted by atomic mass is 10.1. The maximum Gasteiger partial charge on any atom is 0.332 e. The summed E-state index contributed by atoms with van der Waals surface area (Å²) in [7, 11) is 3.13. The molecule has 0 unspecified atom stereocenters. The van der Waals surface area contributed by atoms with Crippen LogP contribution >= 0.6 is 0 Å². The van der Waals surface area contributed by atoms with E-state index in [0.717, 1.165) is 10.1 Å². The van der Waals surface area contributed by atoms with Gasteiger partial charge in [-0.1, -0.05) is 12.1 Å². The van der Waals surface area contributed by atoms with Crippen molar-refractivity contribution >= 4 is 16.9 Å². The van der Waals surface area contributed by atoms with Crippen LogP contribution in [0.15, 0.2) is 64.3 Å². The molecule has 3 heterocycles. The Morgan fingerprint density at radius 3 is 2.58 bits per heavy atom. The van der Waals surface area contributed by atoms with E-state index in [1.165, 1.54) is 10.8 Å². The summed E-state index contributed by atoms with van der Waals surface area (Å²) >= 11 is 0. The van der Waals surface area contributed by atoms with Gasteiger partial charge in [0.15, 0.2) is 28.5 Å². The molecule has 38 heavy (non-hydrogen) atoms. The van der Waals surface area contributed by atoms with Crippen LogP contribution in [0.4, 0.5) is 0 Å². The topological polar surface area (TPSA) is 123 Å². The van der Waals surface area contributed by atoms with Gasteiger partial charge in [-0.2, -0.15) is 0 Å². The van der Waals surface area contributed by atoms with E-state index in [2.05, 4.69) is 10.3 Å². The summed E-state index contributed by atoms with van der Waals surface area (Å²) in [4.78, 5) is 43.6. The van der Waals surface area contributed by atoms with Gasteiger partial charge in [-0.15, -0.1) is 0 Å². The highest BCUT2D eigenvalue weighted by molar-refractivity contribution is 5.79. The molecule has 11 heteroatoms. The van der Waals surface area contributed by atoms with Gasteiger partial charge < -0.3 is 24.3 Å². The molecule has 0 saturated carbocycles. The SMILES string of the molecule is COc1ccc(CCNC(=O)Cn2c(=O)n(Cc3ccc4c(c3)OCO4)c(=O)c3ncccc32)cc1OC. The molecule has 4 aromatic rings. The summed E-state index contributed by atoms with van der Waals surface area (Å²) in [5, 5.41) is 2.84. The summed E-state index contributed by atoms with van der Waals surface area (Å²) in [6.45, 7) is 0.179. The number of hydrogen-bond donors (Lipinski definition) is 1. The van der Waals surface area contributed by atoms with Gasteiger partial charge in [0.05, 0.1) is 26.3 Å². The maximum absolute atomic E-state index is 13.4. The first kappa shape index (κ1) is 24.9. The summed E-state index contributed by atoms with van der Waals surface area (Å²) < 4.78 is 23.7. The monoisotopic (exact) mass is 518 g/mol. The van der Waals surface area contributed by atoms with Gasteiger partial charge >= 0.3 is 5.69 Å². The molecular formula is C27H26N4O7. The highest BCUT2D eigenvalue weighted by Gasteiger charge is 2.18. The van der Waals surface area contributed by atoms with E-state index in [4.69, 9.17) is 18.9 Å². The van der Waals surface area contributed by atoms with Crippen molar-refractivity contribution < 1.29 is 23.7 Å². The molecule has 196 valence electrons. The number of ether oxygens (including phenoxy) is 4. The highest BCUT2D eigenvalue weighted by atomic mass is 16.7. The summed E-state index contributed by atoms with van der Waals surface area (Å²) in [5.74, 6) is 2.00. The summed E-state index contributed by atoms with van der Waals surface area (Å²) in [6.07, 6.45) is 2.03. The first-order chi connectivity index (χ1) is 18.5. The van der Waals surface area contributed by atoms with Crippen molar-refractivity contribution in [3.63, 3.8) is 0 Å². The predicted molar refractivity (Wildman–Crippen MR) is 138 cm³/mol. The van der Waals surface area contributed by atoms with Crippen molar-refractivity contribution in [2.24, 2.45) is 0 Å². The standard InChI is InChI=1S/C27H26N4O7/c1-35-20-7-5-17(12-22(20)36-2)9-11-28-24(32)15-30-19-4-3-10-29-25(19)26(33)31(27(30)34)14-18-6-8-21-23(13-18)38-16-37-21/h3-8,10,12-13H,9,11,14-16H2,1-2H3,(H,28,32). The smallest absolute Gasteiger partial charge is 0.332 e. The third-order valence-corrected chi connectivity index (χ3v) is 6.25. The molecular weight excluding hydrogens is 492 g/mol. The van der Waals surface area contributed by atoms with Crippen molar-refractivity contribution in [3.8, 4) is 23.0 Å². The minimum atomic E-state index is -0.608. The average molecular weight is 519 g/mol. The van der Waals surface area contributed by atoms with Crippen LogP contribution in [0.1, 0.15) is 11.1 Å². The normalized spacial score (nSPS) is 11.9. The molecule has 1 aliphatic heterocycles. The number of amides is 1. The van der Waals surface area contributed by atoms with Crippen molar-refractivity contribution in [1.29, 1.82) is 0 Å². The average Bonchev–Trinajstić information content (AvgIpc) is 3.41. The molecule has 1 aliphatic rings. The third-order valence-electron chi connectivity index (χ3n) is 6.25. The summed E-state index contributed by atoms with van der Waals surface area (Å²) in [6, 6.07) is 14.0. The molecule has 0 bridgehead atoms. The molecule has 0 aliphatic carbocycles. The number of fused-ring (bicyclic) bond motifs is 2. The number of aromatic nitrogens is 3. The number of benzene rings is 2. The Kier molecular flexibility index (Phi) is 6.98. The van der Waals surface area contributed by atoms with Gasteiger partial charge in [-0.05, 0) is 53.9 Å². The van der Waals surface area contributed by atoms with Gasteiger partial charge in [-0.25, -0.2) is 9.78 Å². The molecule has 1 N–H and O–H groups in total. The van der Waals surface area contributed by atoms with Crippen LogP contribution < -0.4 is 35.5 Å². The van der Waals surface area contributed by atoms with Crippen LogP contribution in [0.25, 0.3) is 11.0 Å². The van der Waals surface area contributed by atoms with Crippen molar-refractivity contribution in [1.82, 2.24) is 19.4 Å². The number of nitrogens with zero attached hydrogens (tertiary/aromatic N) is 3. The fourth-order valence-electron chi connectivity index (χ4n) is 4.34. The van der Waals surface area contributed by atoms with Crippen LogP contribution in [0.3, 0.4) is 0 Å². The second-order valence-corrected chi connectivity index (χ2v) is 8.61. The van der Waals surface area contributed by atoms with E-state index >= 15 is 0 Å². The quantitative estimate of drug-likeness (QED) is 0.355. The van der Waals surface area contributed by atoms with Gasteiger partial charge in [0, 0.05) is 12.7 Å². The van der Waals surface area contributed by atoms with Crippen LogP contribution in [0.5, 0.6) is 23.0 Å².